The van der Waals surface area contributed by atoms with Crippen LogP contribution in [-0.4, -0.2) is 83.9 Å². The minimum atomic E-state index is -1.45. The highest BCUT2D eigenvalue weighted by molar-refractivity contribution is 6.36. The Morgan fingerprint density at radius 3 is 2.67 bits per heavy atom. The van der Waals surface area contributed by atoms with Gasteiger partial charge in [0.05, 0.1) is 11.1 Å². The minimum absolute atomic E-state index is 0.0248. The van der Waals surface area contributed by atoms with Gasteiger partial charge < -0.3 is 25.4 Å². The van der Waals surface area contributed by atoms with Gasteiger partial charge in [0.1, 0.15) is 23.2 Å². The molecule has 0 radical (unpaired) electrons. The van der Waals surface area contributed by atoms with Gasteiger partial charge in [0.25, 0.3) is 0 Å². The quantitative estimate of drug-likeness (QED) is 0.407. The number of nitrogens with one attached hydrogen (secondary N) is 2. The molecule has 13 nitrogen and oxygen atoms in total. The Morgan fingerprint density at radius 2 is 1.96 bits per heavy atom. The Kier molecular flexibility index (Phi) is 9.41. The molecule has 1 aromatic heterocycles. The van der Waals surface area contributed by atoms with E-state index in [1.54, 1.807) is 39.0 Å². The van der Waals surface area contributed by atoms with Crippen LogP contribution in [0.2, 0.25) is 10.0 Å². The van der Waals surface area contributed by atoms with Crippen LogP contribution in [0.5, 0.6) is 0 Å². The van der Waals surface area contributed by atoms with Crippen LogP contribution < -0.4 is 10.6 Å². The number of fused-ring (bicyclic) bond motifs is 2. The number of hydrogen-bond donors (Lipinski definition) is 3. The van der Waals surface area contributed by atoms with Gasteiger partial charge in [-0.1, -0.05) is 48.2 Å². The van der Waals surface area contributed by atoms with Gasteiger partial charge >= 0.3 is 12.1 Å². The summed E-state index contributed by atoms with van der Waals surface area (Å²) in [6.45, 7) is 5.20. The zero-order valence-electron chi connectivity index (χ0n) is 25.3. The number of amides is 3. The first-order valence-electron chi connectivity index (χ1n) is 15.0. The third-order valence-electron chi connectivity index (χ3n) is 8.26. The van der Waals surface area contributed by atoms with Gasteiger partial charge in [-0.25, -0.2) is 9.59 Å². The van der Waals surface area contributed by atoms with Gasteiger partial charge in [0.2, 0.25) is 17.6 Å². The highest BCUT2D eigenvalue weighted by atomic mass is 35.5. The number of nitrogens with zero attached hydrogens (tertiary/aromatic N) is 5. The lowest BCUT2D eigenvalue weighted by Gasteiger charge is -2.30. The van der Waals surface area contributed by atoms with Crippen molar-refractivity contribution in [1.29, 1.82) is 0 Å². The average molecular weight is 663 g/mol. The molecule has 1 saturated carbocycles. The Hall–Kier alpha value is -3.71. The van der Waals surface area contributed by atoms with Crippen molar-refractivity contribution in [3.05, 3.63) is 40.4 Å². The molecular weight excluding hydrogens is 625 g/mol. The molecule has 15 heteroatoms. The molecule has 1 aliphatic carbocycles. The highest BCUT2D eigenvalue weighted by Crippen LogP contribution is 2.45. The fourth-order valence-electron chi connectivity index (χ4n) is 5.85. The third kappa shape index (κ3) is 7.41. The first-order chi connectivity index (χ1) is 21.3. The number of aliphatic carboxylic acids is 1. The highest BCUT2D eigenvalue weighted by Gasteiger charge is 2.61. The zero-order chi connectivity index (χ0) is 32.5. The van der Waals surface area contributed by atoms with Gasteiger partial charge in [0, 0.05) is 29.5 Å². The zero-order valence-corrected chi connectivity index (χ0v) is 26.8. The standard InChI is InChI=1S/C30H37Cl2N7O6/c1-29(2,3)45-28(44)33-22-10-8-6-4-5-7-9-17-15-30(17,27(42)43)34-25(40)23-14-19(16-38(23)26(22)41)39-36-24(35-37-39)20-12-11-18(31)13-21(20)32/h7,9,11-13,17,19,22-23H,4-6,8,10,14-16H2,1-3H3,(H,33,44)(H,34,40)(H,42,43)/b9-7-/t17-,19+,22-,23+,30+/m1/s1. The summed E-state index contributed by atoms with van der Waals surface area (Å²) in [6.07, 6.45) is 6.74. The summed E-state index contributed by atoms with van der Waals surface area (Å²) < 4.78 is 5.43. The number of carbonyl (C=O) groups excluding carboxylic acids is 3. The van der Waals surface area contributed by atoms with Crippen LogP contribution in [0, 0.1) is 5.92 Å². The molecule has 5 atom stereocenters. The fourth-order valence-corrected chi connectivity index (χ4v) is 6.35. The Morgan fingerprint density at radius 1 is 1.18 bits per heavy atom. The molecule has 3 heterocycles. The minimum Gasteiger partial charge on any atom is -0.479 e. The summed E-state index contributed by atoms with van der Waals surface area (Å²) in [5.74, 6) is -2.32. The smallest absolute Gasteiger partial charge is 0.408 e. The lowest BCUT2D eigenvalue weighted by atomic mass is 10.0. The van der Waals surface area contributed by atoms with Crippen molar-refractivity contribution in [2.24, 2.45) is 5.92 Å². The van der Waals surface area contributed by atoms with Crippen molar-refractivity contribution in [3.8, 4) is 11.4 Å². The van der Waals surface area contributed by atoms with Gasteiger partial charge in [-0.15, -0.1) is 10.2 Å². The van der Waals surface area contributed by atoms with Crippen LogP contribution >= 0.6 is 23.2 Å². The number of carboxylic acid groups (broad SMARTS) is 1. The number of tetrazole rings is 1. The van der Waals surface area contributed by atoms with Crippen LogP contribution in [-0.2, 0) is 19.1 Å². The number of carboxylic acids is 1. The van der Waals surface area contributed by atoms with Crippen LogP contribution in [0.25, 0.3) is 11.4 Å². The van der Waals surface area contributed by atoms with E-state index in [1.807, 2.05) is 12.2 Å². The van der Waals surface area contributed by atoms with E-state index in [0.717, 1.165) is 19.3 Å². The van der Waals surface area contributed by atoms with Crippen molar-refractivity contribution in [2.75, 3.05) is 6.54 Å². The summed E-state index contributed by atoms with van der Waals surface area (Å²) in [4.78, 5) is 55.8. The first kappa shape index (κ1) is 32.7. The summed E-state index contributed by atoms with van der Waals surface area (Å²) in [5.41, 5.74) is -1.72. The molecule has 45 heavy (non-hydrogen) atoms. The molecular formula is C30H37Cl2N7O6. The largest absolute Gasteiger partial charge is 0.479 e. The Balaban J connectivity index is 1.45. The Labute approximate surface area is 270 Å². The number of benzene rings is 1. The van der Waals surface area contributed by atoms with E-state index >= 15 is 0 Å². The number of alkyl carbamates (subject to hydrolysis) is 1. The molecule has 2 aromatic rings. The predicted octanol–water partition coefficient (Wildman–Crippen LogP) is 4.16. The molecule has 242 valence electrons. The summed E-state index contributed by atoms with van der Waals surface area (Å²) in [6, 6.07) is 2.28. The maximum Gasteiger partial charge on any atom is 0.408 e. The van der Waals surface area contributed by atoms with Crippen LogP contribution in [0.1, 0.15) is 71.8 Å². The van der Waals surface area contributed by atoms with Gasteiger partial charge in [-0.05, 0) is 69.9 Å². The van der Waals surface area contributed by atoms with E-state index in [2.05, 4.69) is 26.0 Å². The summed E-state index contributed by atoms with van der Waals surface area (Å²) in [5, 5.41) is 29.1. The monoisotopic (exact) mass is 661 g/mol. The molecule has 2 fully saturated rings. The SMILES string of the molecule is CC(C)(C)OC(=O)N[C@@H]1CCCCC/C=C\[C@@H]2C[C@]2(C(=O)O)NC(=O)[C@@H]2C[C@H](n3nnc(-c4ccc(Cl)cc4Cl)n3)CN2C1=O. The fraction of sp³-hybridized carbons (Fsp3) is 0.567. The van der Waals surface area contributed by atoms with Crippen LogP contribution in [0.3, 0.4) is 0 Å². The number of carbonyl (C=O) groups is 4. The number of aromatic nitrogens is 4. The van der Waals surface area contributed by atoms with E-state index in [4.69, 9.17) is 27.9 Å². The second kappa shape index (κ2) is 13.0. The molecule has 0 unspecified atom stereocenters. The molecule has 0 spiro atoms. The topological polar surface area (TPSA) is 169 Å². The van der Waals surface area contributed by atoms with Crippen molar-refractivity contribution in [2.45, 2.75) is 95.0 Å². The molecule has 1 aromatic carbocycles. The molecule has 0 bridgehead atoms. The van der Waals surface area contributed by atoms with Crippen molar-refractivity contribution < 1.29 is 29.0 Å². The maximum atomic E-state index is 14.1. The summed E-state index contributed by atoms with van der Waals surface area (Å²) in [7, 11) is 0. The Bertz CT molecular complexity index is 1510. The van der Waals surface area contributed by atoms with Crippen LogP contribution in [0.15, 0.2) is 30.4 Å². The van der Waals surface area contributed by atoms with Crippen LogP contribution in [0.4, 0.5) is 4.79 Å². The van der Waals surface area contributed by atoms with E-state index in [9.17, 15) is 24.3 Å². The van der Waals surface area contributed by atoms with Gasteiger partial charge in [-0.3, -0.25) is 9.59 Å². The van der Waals surface area contributed by atoms with E-state index in [0.29, 0.717) is 28.5 Å². The number of allylic oxidation sites excluding steroid dienone is 1. The number of hydrogen-bond acceptors (Lipinski definition) is 8. The molecule has 3 aliphatic rings. The molecule has 3 N–H and O–H groups in total. The normalized spacial score (nSPS) is 28.2. The second-order valence-electron chi connectivity index (χ2n) is 12.8. The first-order valence-corrected chi connectivity index (χ1v) is 15.8. The summed E-state index contributed by atoms with van der Waals surface area (Å²) >= 11 is 12.4. The average Bonchev–Trinajstić information content (AvgIpc) is 3.26. The van der Waals surface area contributed by atoms with Crippen molar-refractivity contribution in [1.82, 2.24) is 35.7 Å². The maximum absolute atomic E-state index is 14.1. The third-order valence-corrected chi connectivity index (χ3v) is 8.80. The predicted molar refractivity (Wildman–Crippen MR) is 164 cm³/mol. The van der Waals surface area contributed by atoms with Gasteiger partial charge in [0.15, 0.2) is 0 Å². The molecule has 2 aliphatic heterocycles. The lowest BCUT2D eigenvalue weighted by molar-refractivity contribution is -0.145. The van der Waals surface area contributed by atoms with E-state index in [-0.39, 0.29) is 31.1 Å². The molecule has 5 rings (SSSR count). The number of rotatable bonds is 4. The molecule has 3 amide bonds. The van der Waals surface area contributed by atoms with E-state index in [1.165, 1.54) is 9.70 Å². The van der Waals surface area contributed by atoms with Crippen molar-refractivity contribution >= 4 is 47.1 Å². The van der Waals surface area contributed by atoms with Gasteiger partial charge in [-0.2, -0.15) is 4.80 Å². The lowest BCUT2D eigenvalue weighted by Crippen LogP contribution is -2.56. The van der Waals surface area contributed by atoms with Crippen molar-refractivity contribution in [3.63, 3.8) is 0 Å². The molecule has 1 saturated heterocycles. The number of halogens is 2. The van der Waals surface area contributed by atoms with E-state index < -0.39 is 53.1 Å². The number of ether oxygens (including phenoxy) is 1. The second-order valence-corrected chi connectivity index (χ2v) is 13.6.